The van der Waals surface area contributed by atoms with Gasteiger partial charge in [0.05, 0.1) is 26.5 Å². The summed E-state index contributed by atoms with van der Waals surface area (Å²) in [5.41, 5.74) is 1.24. The maximum atomic E-state index is 12.1. The van der Waals surface area contributed by atoms with Gasteiger partial charge in [0.2, 0.25) is 0 Å². The quantitative estimate of drug-likeness (QED) is 0.722. The van der Waals surface area contributed by atoms with Crippen molar-refractivity contribution in [2.75, 3.05) is 39.8 Å². The van der Waals surface area contributed by atoms with Gasteiger partial charge in [-0.15, -0.1) is 0 Å². The van der Waals surface area contributed by atoms with Crippen molar-refractivity contribution in [3.63, 3.8) is 0 Å². The number of hydrogen-bond acceptors (Lipinski definition) is 6. The van der Waals surface area contributed by atoms with Crippen LogP contribution in [0.5, 0.6) is 11.5 Å². The summed E-state index contributed by atoms with van der Waals surface area (Å²) in [5.74, 6) is 1.67. The van der Waals surface area contributed by atoms with Crippen molar-refractivity contribution in [3.05, 3.63) is 42.1 Å². The van der Waals surface area contributed by atoms with Crippen molar-refractivity contribution in [2.24, 2.45) is 0 Å². The van der Waals surface area contributed by atoms with Crippen molar-refractivity contribution in [1.29, 1.82) is 0 Å². The Hall–Kier alpha value is -2.80. The summed E-state index contributed by atoms with van der Waals surface area (Å²) >= 11 is 0. The highest BCUT2D eigenvalue weighted by molar-refractivity contribution is 5.94. The van der Waals surface area contributed by atoms with Crippen molar-refractivity contribution >= 4 is 17.4 Å². The molecular formula is C17H21N3O4. The summed E-state index contributed by atoms with van der Waals surface area (Å²) in [7, 11) is 4.75. The molecular weight excluding hydrogens is 310 g/mol. The lowest BCUT2D eigenvalue weighted by molar-refractivity contribution is 0.0937. The van der Waals surface area contributed by atoms with Gasteiger partial charge in [-0.2, -0.15) is 0 Å². The van der Waals surface area contributed by atoms with Crippen molar-refractivity contribution < 1.29 is 19.0 Å². The average Bonchev–Trinajstić information content (AvgIpc) is 2.62. The van der Waals surface area contributed by atoms with Gasteiger partial charge in [-0.1, -0.05) is 0 Å². The van der Waals surface area contributed by atoms with Gasteiger partial charge in [-0.3, -0.25) is 4.79 Å². The fourth-order valence-electron chi connectivity index (χ4n) is 2.05. The van der Waals surface area contributed by atoms with Crippen LogP contribution in [0.4, 0.5) is 11.5 Å². The number of benzene rings is 1. The zero-order valence-corrected chi connectivity index (χ0v) is 14.0. The molecule has 0 atom stereocenters. The van der Waals surface area contributed by atoms with Crippen LogP contribution >= 0.6 is 0 Å². The Morgan fingerprint density at radius 3 is 2.67 bits per heavy atom. The van der Waals surface area contributed by atoms with Crippen LogP contribution in [0.15, 0.2) is 36.5 Å². The fourth-order valence-corrected chi connectivity index (χ4v) is 2.05. The smallest absolute Gasteiger partial charge is 0.251 e. The van der Waals surface area contributed by atoms with E-state index in [0.29, 0.717) is 36.0 Å². The zero-order chi connectivity index (χ0) is 17.4. The van der Waals surface area contributed by atoms with E-state index < -0.39 is 0 Å². The molecule has 0 saturated carbocycles. The van der Waals surface area contributed by atoms with Crippen molar-refractivity contribution in [1.82, 2.24) is 10.3 Å². The van der Waals surface area contributed by atoms with Crippen LogP contribution in [-0.4, -0.2) is 45.4 Å². The average molecular weight is 331 g/mol. The van der Waals surface area contributed by atoms with Crippen LogP contribution in [0.1, 0.15) is 10.4 Å². The van der Waals surface area contributed by atoms with Crippen LogP contribution in [0.2, 0.25) is 0 Å². The number of nitrogens with zero attached hydrogens (tertiary/aromatic N) is 1. The lowest BCUT2D eigenvalue weighted by Gasteiger charge is -2.12. The molecule has 24 heavy (non-hydrogen) atoms. The van der Waals surface area contributed by atoms with Gasteiger partial charge in [0.1, 0.15) is 17.3 Å². The highest BCUT2D eigenvalue weighted by Crippen LogP contribution is 2.31. The first kappa shape index (κ1) is 17.6. The van der Waals surface area contributed by atoms with Gasteiger partial charge < -0.3 is 24.8 Å². The molecule has 7 heteroatoms. The minimum absolute atomic E-state index is 0.181. The number of rotatable bonds is 8. The Balaban J connectivity index is 2.13. The van der Waals surface area contributed by atoms with E-state index in [2.05, 4.69) is 15.6 Å². The predicted octanol–water partition coefficient (Wildman–Crippen LogP) is 2.22. The van der Waals surface area contributed by atoms with Crippen molar-refractivity contribution in [2.45, 2.75) is 0 Å². The largest absolute Gasteiger partial charge is 0.497 e. The number of carbonyl (C=O) groups excluding carboxylic acids is 1. The zero-order valence-electron chi connectivity index (χ0n) is 14.0. The molecule has 1 aromatic carbocycles. The normalized spacial score (nSPS) is 10.1. The third-order valence-electron chi connectivity index (χ3n) is 3.29. The Kier molecular flexibility index (Phi) is 6.39. The van der Waals surface area contributed by atoms with Crippen LogP contribution in [0.3, 0.4) is 0 Å². The fraction of sp³-hybridized carbons (Fsp3) is 0.294. The Labute approximate surface area is 140 Å². The second-order valence-corrected chi connectivity index (χ2v) is 4.87. The van der Waals surface area contributed by atoms with E-state index in [-0.39, 0.29) is 5.91 Å². The maximum Gasteiger partial charge on any atom is 0.251 e. The van der Waals surface area contributed by atoms with Crippen LogP contribution in [0.25, 0.3) is 0 Å². The van der Waals surface area contributed by atoms with E-state index in [1.807, 2.05) is 12.1 Å². The number of methoxy groups -OCH3 is 3. The second kappa shape index (κ2) is 8.73. The molecule has 0 saturated heterocycles. The molecule has 1 amide bonds. The van der Waals surface area contributed by atoms with Gasteiger partial charge in [0, 0.05) is 31.5 Å². The van der Waals surface area contributed by atoms with Gasteiger partial charge in [0.15, 0.2) is 0 Å². The summed E-state index contributed by atoms with van der Waals surface area (Å²) in [6.45, 7) is 0.914. The third-order valence-corrected chi connectivity index (χ3v) is 3.29. The van der Waals surface area contributed by atoms with Gasteiger partial charge in [0.25, 0.3) is 5.91 Å². The Morgan fingerprint density at radius 2 is 1.96 bits per heavy atom. The minimum atomic E-state index is -0.181. The molecule has 1 aromatic heterocycles. The summed E-state index contributed by atoms with van der Waals surface area (Å²) in [4.78, 5) is 16.3. The van der Waals surface area contributed by atoms with Gasteiger partial charge in [-0.25, -0.2) is 4.98 Å². The van der Waals surface area contributed by atoms with Crippen LogP contribution < -0.4 is 20.1 Å². The number of aromatic nitrogens is 1. The monoisotopic (exact) mass is 331 g/mol. The van der Waals surface area contributed by atoms with E-state index in [1.54, 1.807) is 45.7 Å². The minimum Gasteiger partial charge on any atom is -0.497 e. The molecule has 0 unspecified atom stereocenters. The molecule has 7 nitrogen and oxygen atoms in total. The number of ether oxygens (including phenoxy) is 3. The van der Waals surface area contributed by atoms with E-state index in [4.69, 9.17) is 14.2 Å². The van der Waals surface area contributed by atoms with E-state index >= 15 is 0 Å². The number of anilines is 2. The molecule has 0 aliphatic rings. The highest BCUT2D eigenvalue weighted by Gasteiger charge is 2.09. The first-order valence-corrected chi connectivity index (χ1v) is 7.40. The number of pyridine rings is 1. The topological polar surface area (TPSA) is 81.7 Å². The molecule has 1 heterocycles. The van der Waals surface area contributed by atoms with Crippen LogP contribution in [-0.2, 0) is 4.74 Å². The Bertz CT molecular complexity index is 691. The summed E-state index contributed by atoms with van der Waals surface area (Å²) in [5, 5.41) is 5.91. The number of amides is 1. The molecule has 2 rings (SSSR count). The first-order chi connectivity index (χ1) is 11.7. The molecule has 0 radical (unpaired) electrons. The Morgan fingerprint density at radius 1 is 1.12 bits per heavy atom. The number of nitrogens with one attached hydrogen (secondary N) is 2. The lowest BCUT2D eigenvalue weighted by atomic mass is 10.2. The lowest BCUT2D eigenvalue weighted by Crippen LogP contribution is -2.27. The molecule has 0 bridgehead atoms. The van der Waals surface area contributed by atoms with E-state index in [9.17, 15) is 4.79 Å². The van der Waals surface area contributed by atoms with Gasteiger partial charge >= 0.3 is 0 Å². The molecule has 0 aliphatic carbocycles. The maximum absolute atomic E-state index is 12.1. The number of carbonyl (C=O) groups is 1. The van der Waals surface area contributed by atoms with E-state index in [1.165, 1.54) is 0 Å². The summed E-state index contributed by atoms with van der Waals surface area (Å²) in [6, 6.07) is 8.73. The molecule has 0 spiro atoms. The molecule has 0 fully saturated rings. The summed E-state index contributed by atoms with van der Waals surface area (Å²) in [6.07, 6.45) is 1.57. The molecule has 2 N–H and O–H groups in total. The molecule has 0 aliphatic heterocycles. The predicted molar refractivity (Wildman–Crippen MR) is 91.3 cm³/mol. The SMILES string of the molecule is COCCNC(=O)c1ccnc(Nc2ccc(OC)cc2OC)c1. The standard InChI is InChI=1S/C17H21N3O4/c1-22-9-8-19-17(21)12-6-7-18-16(10-12)20-14-5-4-13(23-2)11-15(14)24-3/h4-7,10-11H,8-9H2,1-3H3,(H,18,20)(H,19,21). The first-order valence-electron chi connectivity index (χ1n) is 7.40. The third kappa shape index (κ3) is 4.60. The van der Waals surface area contributed by atoms with Crippen molar-refractivity contribution in [3.8, 4) is 11.5 Å². The molecule has 2 aromatic rings. The van der Waals surface area contributed by atoms with Gasteiger partial charge in [-0.05, 0) is 24.3 Å². The highest BCUT2D eigenvalue weighted by atomic mass is 16.5. The second-order valence-electron chi connectivity index (χ2n) is 4.87. The van der Waals surface area contributed by atoms with Crippen LogP contribution in [0, 0.1) is 0 Å². The molecule has 128 valence electrons. The number of hydrogen-bond donors (Lipinski definition) is 2. The van der Waals surface area contributed by atoms with E-state index in [0.717, 1.165) is 5.69 Å². The summed E-state index contributed by atoms with van der Waals surface area (Å²) < 4.78 is 15.4.